The van der Waals surface area contributed by atoms with Crippen molar-refractivity contribution in [3.05, 3.63) is 17.5 Å². The van der Waals surface area contributed by atoms with E-state index in [9.17, 15) is 10.0 Å². The smallest absolute Gasteiger partial charge is 0.339 e. The minimum atomic E-state index is -0.874. The predicted octanol–water partition coefficient (Wildman–Crippen LogP) is 0.559. The largest absolute Gasteiger partial charge is 0.350 e. The molecule has 0 aliphatic rings. The summed E-state index contributed by atoms with van der Waals surface area (Å²) in [4.78, 5) is 10.7. The maximum atomic E-state index is 10.7. The van der Waals surface area contributed by atoms with Gasteiger partial charge in [0.15, 0.2) is 0 Å². The number of hydrogen-bond donors (Lipinski definition) is 2. The highest BCUT2D eigenvalue weighted by Gasteiger charge is 2.20. The number of amides is 2. The van der Waals surface area contributed by atoms with E-state index in [-0.39, 0.29) is 0 Å². The zero-order valence-electron chi connectivity index (χ0n) is 8.43. The molecule has 14 heavy (non-hydrogen) atoms. The molecule has 0 aliphatic carbocycles. The molecule has 0 aromatic carbocycles. The van der Waals surface area contributed by atoms with Gasteiger partial charge in [0.2, 0.25) is 0 Å². The van der Waals surface area contributed by atoms with Gasteiger partial charge in [-0.2, -0.15) is 10.2 Å². The third-order valence-electron chi connectivity index (χ3n) is 2.32. The summed E-state index contributed by atoms with van der Waals surface area (Å²) in [5, 5.41) is 13.8. The van der Waals surface area contributed by atoms with E-state index >= 15 is 0 Å². The first kappa shape index (κ1) is 10.5. The molecule has 0 spiro atoms. The van der Waals surface area contributed by atoms with E-state index in [4.69, 9.17) is 5.73 Å². The second-order valence-electron chi connectivity index (χ2n) is 3.17. The van der Waals surface area contributed by atoms with Gasteiger partial charge < -0.3 is 5.73 Å². The van der Waals surface area contributed by atoms with E-state index in [1.54, 1.807) is 24.9 Å². The SMILES string of the molecule is Cc1c(C(C)N(O)C(N)=O)cnn1C. The van der Waals surface area contributed by atoms with E-state index in [2.05, 4.69) is 5.10 Å². The molecule has 1 rings (SSSR count). The third kappa shape index (κ3) is 1.69. The number of carbonyl (C=O) groups is 1. The van der Waals surface area contributed by atoms with Crippen molar-refractivity contribution < 1.29 is 10.0 Å². The highest BCUT2D eigenvalue weighted by Crippen LogP contribution is 2.20. The van der Waals surface area contributed by atoms with Crippen molar-refractivity contribution in [3.8, 4) is 0 Å². The van der Waals surface area contributed by atoms with Crippen LogP contribution in [0.1, 0.15) is 24.2 Å². The van der Waals surface area contributed by atoms with Gasteiger partial charge in [0.25, 0.3) is 0 Å². The van der Waals surface area contributed by atoms with E-state index in [1.807, 2.05) is 6.92 Å². The van der Waals surface area contributed by atoms with Crippen LogP contribution in [0.4, 0.5) is 4.79 Å². The molecule has 3 N–H and O–H groups in total. The second kappa shape index (κ2) is 3.67. The van der Waals surface area contributed by atoms with Gasteiger partial charge in [0.1, 0.15) is 0 Å². The van der Waals surface area contributed by atoms with E-state index < -0.39 is 12.1 Å². The maximum Gasteiger partial charge on any atom is 0.339 e. The van der Waals surface area contributed by atoms with Crippen molar-refractivity contribution in [2.75, 3.05) is 0 Å². The Hall–Kier alpha value is -1.56. The lowest BCUT2D eigenvalue weighted by atomic mass is 10.1. The van der Waals surface area contributed by atoms with Crippen LogP contribution >= 0.6 is 0 Å². The molecule has 6 nitrogen and oxygen atoms in total. The summed E-state index contributed by atoms with van der Waals surface area (Å²) in [6.45, 7) is 3.53. The molecule has 0 saturated heterocycles. The Morgan fingerprint density at radius 1 is 1.79 bits per heavy atom. The summed E-state index contributed by atoms with van der Waals surface area (Å²) >= 11 is 0. The lowest BCUT2D eigenvalue weighted by Gasteiger charge is -2.20. The standard InChI is InChI=1S/C8H14N4O2/c1-5-7(4-10-11(5)3)6(2)12(14)8(9)13/h4,6,14H,1-3H3,(H2,9,13). The number of hydroxylamine groups is 2. The summed E-state index contributed by atoms with van der Waals surface area (Å²) in [7, 11) is 1.79. The quantitative estimate of drug-likeness (QED) is 0.538. The fourth-order valence-electron chi connectivity index (χ4n) is 1.25. The van der Waals surface area contributed by atoms with Gasteiger partial charge in [0, 0.05) is 18.3 Å². The minimum absolute atomic E-state index is 0.485. The average Bonchev–Trinajstić information content (AvgIpc) is 2.45. The number of primary amides is 1. The molecule has 0 aliphatic heterocycles. The van der Waals surface area contributed by atoms with Crippen molar-refractivity contribution in [3.63, 3.8) is 0 Å². The first-order valence-electron chi connectivity index (χ1n) is 4.21. The molecular weight excluding hydrogens is 184 g/mol. The summed E-state index contributed by atoms with van der Waals surface area (Å²) in [6.07, 6.45) is 1.60. The van der Waals surface area contributed by atoms with Gasteiger partial charge >= 0.3 is 6.03 Å². The molecule has 6 heteroatoms. The Labute approximate surface area is 81.9 Å². The number of hydrogen-bond acceptors (Lipinski definition) is 3. The van der Waals surface area contributed by atoms with Gasteiger partial charge in [-0.15, -0.1) is 0 Å². The topological polar surface area (TPSA) is 84.4 Å². The van der Waals surface area contributed by atoms with Crippen molar-refractivity contribution >= 4 is 6.03 Å². The van der Waals surface area contributed by atoms with Crippen LogP contribution in [0, 0.1) is 6.92 Å². The molecule has 78 valence electrons. The second-order valence-corrected chi connectivity index (χ2v) is 3.17. The van der Waals surface area contributed by atoms with Crippen molar-refractivity contribution in [1.29, 1.82) is 0 Å². The van der Waals surface area contributed by atoms with Gasteiger partial charge in [-0.25, -0.2) is 4.79 Å². The van der Waals surface area contributed by atoms with E-state index in [0.717, 1.165) is 11.3 Å². The van der Waals surface area contributed by atoms with Crippen LogP contribution < -0.4 is 5.73 Å². The monoisotopic (exact) mass is 198 g/mol. The van der Waals surface area contributed by atoms with Crippen molar-refractivity contribution in [2.45, 2.75) is 19.9 Å². The lowest BCUT2D eigenvalue weighted by Crippen LogP contribution is -2.34. The summed E-state index contributed by atoms with van der Waals surface area (Å²) in [6, 6.07) is -1.36. The van der Waals surface area contributed by atoms with Gasteiger partial charge in [-0.05, 0) is 13.8 Å². The molecular formula is C8H14N4O2. The van der Waals surface area contributed by atoms with E-state index in [0.29, 0.717) is 5.06 Å². The molecule has 0 fully saturated rings. The summed E-state index contributed by atoms with van der Waals surface area (Å²) in [5.41, 5.74) is 6.60. The molecule has 1 aromatic rings. The maximum absolute atomic E-state index is 10.7. The Morgan fingerprint density at radius 3 is 2.71 bits per heavy atom. The third-order valence-corrected chi connectivity index (χ3v) is 2.32. The minimum Gasteiger partial charge on any atom is -0.350 e. The van der Waals surface area contributed by atoms with Crippen LogP contribution in [0.3, 0.4) is 0 Å². The fourth-order valence-corrected chi connectivity index (χ4v) is 1.25. The first-order chi connectivity index (χ1) is 6.45. The van der Waals surface area contributed by atoms with E-state index in [1.165, 1.54) is 0 Å². The van der Waals surface area contributed by atoms with Crippen molar-refractivity contribution in [1.82, 2.24) is 14.8 Å². The Morgan fingerprint density at radius 2 is 2.36 bits per heavy atom. The average molecular weight is 198 g/mol. The van der Waals surface area contributed by atoms with Gasteiger partial charge in [0.05, 0.1) is 12.2 Å². The Kier molecular flexibility index (Phi) is 2.76. The van der Waals surface area contributed by atoms with Crippen LogP contribution in [0.15, 0.2) is 6.20 Å². The highest BCUT2D eigenvalue weighted by molar-refractivity contribution is 5.71. The van der Waals surface area contributed by atoms with Gasteiger partial charge in [-0.3, -0.25) is 9.89 Å². The molecule has 1 atom stereocenters. The number of aromatic nitrogens is 2. The molecule has 0 saturated carbocycles. The molecule has 0 radical (unpaired) electrons. The molecule has 1 unspecified atom stereocenters. The highest BCUT2D eigenvalue weighted by atomic mass is 16.5. The Balaban J connectivity index is 2.94. The molecule has 0 bridgehead atoms. The number of nitrogens with zero attached hydrogens (tertiary/aromatic N) is 3. The zero-order valence-corrected chi connectivity index (χ0v) is 8.43. The van der Waals surface area contributed by atoms with Gasteiger partial charge in [-0.1, -0.05) is 0 Å². The Bertz CT molecular complexity index is 347. The van der Waals surface area contributed by atoms with Crippen LogP contribution in [0.25, 0.3) is 0 Å². The van der Waals surface area contributed by atoms with Crippen molar-refractivity contribution in [2.24, 2.45) is 12.8 Å². The molecule has 1 aromatic heterocycles. The first-order valence-corrected chi connectivity index (χ1v) is 4.21. The lowest BCUT2D eigenvalue weighted by molar-refractivity contribution is -0.0711. The summed E-state index contributed by atoms with van der Waals surface area (Å²) in [5.74, 6) is 0. The molecule has 2 amide bonds. The van der Waals surface area contributed by atoms with Crippen LogP contribution in [0.2, 0.25) is 0 Å². The predicted molar refractivity (Wildman–Crippen MR) is 49.6 cm³/mol. The fraction of sp³-hybridized carbons (Fsp3) is 0.500. The van der Waals surface area contributed by atoms with Crippen LogP contribution in [-0.4, -0.2) is 26.1 Å². The van der Waals surface area contributed by atoms with Crippen LogP contribution in [0.5, 0.6) is 0 Å². The number of rotatable bonds is 2. The molecule has 1 heterocycles. The zero-order chi connectivity index (χ0) is 10.9. The number of urea groups is 1. The van der Waals surface area contributed by atoms with Crippen LogP contribution in [-0.2, 0) is 7.05 Å². The number of nitrogens with two attached hydrogens (primary N) is 1. The number of aryl methyl sites for hydroxylation is 1. The summed E-state index contributed by atoms with van der Waals surface area (Å²) < 4.78 is 1.67. The normalized spacial score (nSPS) is 12.6. The number of carbonyl (C=O) groups excluding carboxylic acids is 1.